The molecule has 21 heavy (non-hydrogen) atoms. The SMILES string of the molecule is CC(C)C(CNC(=O)c1ccc(Br)c([N+](=O)[O-])c1)N(C)C. The molecule has 1 unspecified atom stereocenters. The number of nitrogens with zero attached hydrogens (tertiary/aromatic N) is 2. The van der Waals surface area contributed by atoms with Gasteiger partial charge in [-0.1, -0.05) is 13.8 Å². The van der Waals surface area contributed by atoms with E-state index >= 15 is 0 Å². The number of rotatable bonds is 6. The van der Waals surface area contributed by atoms with Crippen LogP contribution in [0.25, 0.3) is 0 Å². The van der Waals surface area contributed by atoms with E-state index in [-0.39, 0.29) is 23.2 Å². The van der Waals surface area contributed by atoms with Crippen LogP contribution in [0.3, 0.4) is 0 Å². The maximum atomic E-state index is 12.1. The van der Waals surface area contributed by atoms with E-state index in [9.17, 15) is 14.9 Å². The molecule has 0 aliphatic carbocycles. The quantitative estimate of drug-likeness (QED) is 0.627. The first kappa shape index (κ1) is 17.6. The third kappa shape index (κ3) is 4.78. The summed E-state index contributed by atoms with van der Waals surface area (Å²) in [6.45, 7) is 4.66. The monoisotopic (exact) mass is 357 g/mol. The van der Waals surface area contributed by atoms with E-state index in [2.05, 4.69) is 40.0 Å². The summed E-state index contributed by atoms with van der Waals surface area (Å²) in [6, 6.07) is 4.56. The van der Waals surface area contributed by atoms with E-state index in [1.54, 1.807) is 6.07 Å². The molecule has 0 spiro atoms. The lowest BCUT2D eigenvalue weighted by Crippen LogP contribution is -2.43. The first-order chi connectivity index (χ1) is 9.73. The molecular formula is C14H20BrN3O3. The van der Waals surface area contributed by atoms with Crippen LogP contribution in [0.15, 0.2) is 22.7 Å². The fourth-order valence-electron chi connectivity index (χ4n) is 2.11. The molecule has 0 aliphatic rings. The molecule has 0 aromatic heterocycles. The number of carbonyl (C=O) groups excluding carboxylic acids is 1. The standard InChI is InChI=1S/C14H20BrN3O3/c1-9(2)13(17(3)4)8-16-14(19)10-5-6-11(15)12(7-10)18(20)21/h5-7,9,13H,8H2,1-4H3,(H,16,19). The number of amides is 1. The molecule has 1 rings (SSSR count). The van der Waals surface area contributed by atoms with Gasteiger partial charge in [0.05, 0.1) is 9.40 Å². The zero-order chi connectivity index (χ0) is 16.2. The number of nitro benzene ring substituents is 1. The van der Waals surface area contributed by atoms with Gasteiger partial charge in [0.25, 0.3) is 11.6 Å². The second-order valence-corrected chi connectivity index (χ2v) is 6.26. The molecule has 0 aliphatic heterocycles. The van der Waals surface area contributed by atoms with Crippen molar-refractivity contribution in [3.8, 4) is 0 Å². The van der Waals surface area contributed by atoms with Crippen molar-refractivity contribution in [2.45, 2.75) is 19.9 Å². The van der Waals surface area contributed by atoms with E-state index < -0.39 is 4.92 Å². The molecule has 0 saturated carbocycles. The Kier molecular flexibility index (Phi) is 6.29. The Morgan fingerprint density at radius 1 is 1.43 bits per heavy atom. The Hall–Kier alpha value is -1.47. The third-order valence-electron chi connectivity index (χ3n) is 3.31. The summed E-state index contributed by atoms with van der Waals surface area (Å²) in [4.78, 5) is 24.5. The lowest BCUT2D eigenvalue weighted by atomic mass is 10.0. The zero-order valence-corrected chi connectivity index (χ0v) is 14.2. The fraction of sp³-hybridized carbons (Fsp3) is 0.500. The number of halogens is 1. The van der Waals surface area contributed by atoms with Crippen molar-refractivity contribution in [1.82, 2.24) is 10.2 Å². The van der Waals surface area contributed by atoms with Gasteiger partial charge < -0.3 is 10.2 Å². The van der Waals surface area contributed by atoms with Crippen LogP contribution in [0.5, 0.6) is 0 Å². The Labute approximate surface area is 132 Å². The fourth-order valence-corrected chi connectivity index (χ4v) is 2.50. The van der Waals surface area contributed by atoms with Crippen LogP contribution >= 0.6 is 15.9 Å². The molecule has 6 nitrogen and oxygen atoms in total. The van der Waals surface area contributed by atoms with E-state index in [1.807, 2.05) is 14.1 Å². The second kappa shape index (κ2) is 7.51. The van der Waals surface area contributed by atoms with Gasteiger partial charge in [-0.3, -0.25) is 14.9 Å². The molecule has 0 radical (unpaired) electrons. The lowest BCUT2D eigenvalue weighted by Gasteiger charge is -2.28. The summed E-state index contributed by atoms with van der Waals surface area (Å²) in [6.07, 6.45) is 0. The molecule has 1 aromatic carbocycles. The van der Waals surface area contributed by atoms with Gasteiger partial charge in [-0.25, -0.2) is 0 Å². The molecule has 0 heterocycles. The van der Waals surface area contributed by atoms with Crippen LogP contribution in [-0.2, 0) is 0 Å². The Morgan fingerprint density at radius 2 is 2.05 bits per heavy atom. The summed E-state index contributed by atoms with van der Waals surface area (Å²) in [5, 5.41) is 13.7. The lowest BCUT2D eigenvalue weighted by molar-refractivity contribution is -0.385. The molecule has 116 valence electrons. The average molecular weight is 358 g/mol. The second-order valence-electron chi connectivity index (χ2n) is 5.41. The molecule has 1 N–H and O–H groups in total. The first-order valence-corrected chi connectivity index (χ1v) is 7.42. The topological polar surface area (TPSA) is 75.5 Å². The highest BCUT2D eigenvalue weighted by molar-refractivity contribution is 9.10. The van der Waals surface area contributed by atoms with Crippen molar-refractivity contribution >= 4 is 27.5 Å². The van der Waals surface area contributed by atoms with Crippen molar-refractivity contribution in [3.05, 3.63) is 38.3 Å². The maximum Gasteiger partial charge on any atom is 0.284 e. The highest BCUT2D eigenvalue weighted by atomic mass is 79.9. The van der Waals surface area contributed by atoms with Crippen LogP contribution in [0.2, 0.25) is 0 Å². The van der Waals surface area contributed by atoms with Crippen LogP contribution in [-0.4, -0.2) is 42.4 Å². The molecular weight excluding hydrogens is 338 g/mol. The summed E-state index contributed by atoms with van der Waals surface area (Å²) < 4.78 is 0.359. The molecule has 7 heteroatoms. The number of hydrogen-bond donors (Lipinski definition) is 1. The van der Waals surface area contributed by atoms with Crippen molar-refractivity contribution in [1.29, 1.82) is 0 Å². The van der Waals surface area contributed by atoms with Crippen LogP contribution in [0.1, 0.15) is 24.2 Å². The van der Waals surface area contributed by atoms with Crippen molar-refractivity contribution in [2.75, 3.05) is 20.6 Å². The molecule has 1 aromatic rings. The van der Waals surface area contributed by atoms with Gasteiger partial charge in [0.1, 0.15) is 0 Å². The molecule has 0 saturated heterocycles. The van der Waals surface area contributed by atoms with Gasteiger partial charge in [0.15, 0.2) is 0 Å². The summed E-state index contributed by atoms with van der Waals surface area (Å²) in [7, 11) is 3.92. The van der Waals surface area contributed by atoms with Gasteiger partial charge in [0.2, 0.25) is 0 Å². The van der Waals surface area contributed by atoms with Crippen molar-refractivity contribution in [3.63, 3.8) is 0 Å². The Balaban J connectivity index is 2.81. The largest absolute Gasteiger partial charge is 0.350 e. The number of likely N-dealkylation sites (N-methyl/N-ethyl adjacent to an activating group) is 1. The number of benzene rings is 1. The average Bonchev–Trinajstić information content (AvgIpc) is 2.37. The van der Waals surface area contributed by atoms with Gasteiger partial charge in [-0.15, -0.1) is 0 Å². The van der Waals surface area contributed by atoms with Crippen molar-refractivity contribution < 1.29 is 9.72 Å². The molecule has 0 fully saturated rings. The van der Waals surface area contributed by atoms with Crippen LogP contribution in [0, 0.1) is 16.0 Å². The van der Waals surface area contributed by atoms with Gasteiger partial charge >= 0.3 is 0 Å². The smallest absolute Gasteiger partial charge is 0.284 e. The third-order valence-corrected chi connectivity index (χ3v) is 3.98. The maximum absolute atomic E-state index is 12.1. The number of hydrogen-bond acceptors (Lipinski definition) is 4. The van der Waals surface area contributed by atoms with E-state index in [4.69, 9.17) is 0 Å². The first-order valence-electron chi connectivity index (χ1n) is 6.62. The van der Waals surface area contributed by atoms with Gasteiger partial charge in [-0.2, -0.15) is 0 Å². The minimum Gasteiger partial charge on any atom is -0.350 e. The highest BCUT2D eigenvalue weighted by Gasteiger charge is 2.19. The number of carbonyl (C=O) groups is 1. The predicted octanol–water partition coefficient (Wildman–Crippen LogP) is 2.67. The normalized spacial score (nSPS) is 12.5. The molecule has 1 amide bonds. The number of nitrogens with one attached hydrogen (secondary N) is 1. The molecule has 1 atom stereocenters. The predicted molar refractivity (Wildman–Crippen MR) is 85.4 cm³/mol. The highest BCUT2D eigenvalue weighted by Crippen LogP contribution is 2.25. The number of nitro groups is 1. The van der Waals surface area contributed by atoms with Gasteiger partial charge in [0, 0.05) is 24.2 Å². The van der Waals surface area contributed by atoms with E-state index in [0.717, 1.165) is 0 Å². The minimum absolute atomic E-state index is 0.115. The molecule has 0 bridgehead atoms. The minimum atomic E-state index is -0.516. The Bertz CT molecular complexity index is 524. The van der Waals surface area contributed by atoms with Crippen LogP contribution < -0.4 is 5.32 Å². The van der Waals surface area contributed by atoms with E-state index in [0.29, 0.717) is 16.9 Å². The summed E-state index contributed by atoms with van der Waals surface area (Å²) in [5.74, 6) is 0.0812. The zero-order valence-electron chi connectivity index (χ0n) is 12.6. The Morgan fingerprint density at radius 3 is 2.52 bits per heavy atom. The summed E-state index contributed by atoms with van der Waals surface area (Å²) in [5.41, 5.74) is 0.168. The van der Waals surface area contributed by atoms with E-state index in [1.165, 1.54) is 12.1 Å². The summed E-state index contributed by atoms with van der Waals surface area (Å²) >= 11 is 3.10. The van der Waals surface area contributed by atoms with Crippen molar-refractivity contribution in [2.24, 2.45) is 5.92 Å². The van der Waals surface area contributed by atoms with Crippen LogP contribution in [0.4, 0.5) is 5.69 Å². The van der Waals surface area contributed by atoms with Gasteiger partial charge in [-0.05, 0) is 48.1 Å².